The quantitative estimate of drug-likeness (QED) is 0.788. The molecule has 1 aliphatic heterocycles. The summed E-state index contributed by atoms with van der Waals surface area (Å²) in [7, 11) is 0. The van der Waals surface area contributed by atoms with Gasteiger partial charge in [-0.3, -0.25) is 4.90 Å². The third kappa shape index (κ3) is 3.23. The Morgan fingerprint density at radius 1 is 1.37 bits per heavy atom. The Hall–Kier alpha value is -2.08. The van der Waals surface area contributed by atoms with Crippen LogP contribution < -0.4 is 5.73 Å². The molecule has 1 aliphatic rings. The molecular formula is C13H16N2O4. The molecule has 0 aliphatic carbocycles. The number of hydrogen-bond acceptors (Lipinski definition) is 4. The van der Waals surface area contributed by atoms with Gasteiger partial charge in [0.1, 0.15) is 12.6 Å². The number of amides is 1. The minimum Gasteiger partial charge on any atom is -0.465 e. The van der Waals surface area contributed by atoms with E-state index in [-0.39, 0.29) is 19.2 Å². The van der Waals surface area contributed by atoms with Crippen molar-refractivity contribution in [3.05, 3.63) is 35.9 Å². The van der Waals surface area contributed by atoms with Gasteiger partial charge in [0, 0.05) is 12.6 Å². The first-order valence-electron chi connectivity index (χ1n) is 6.03. The van der Waals surface area contributed by atoms with E-state index >= 15 is 0 Å². The lowest BCUT2D eigenvalue weighted by Crippen LogP contribution is -2.40. The first kappa shape index (κ1) is 13.4. The predicted molar refractivity (Wildman–Crippen MR) is 67.3 cm³/mol. The Labute approximate surface area is 110 Å². The molecule has 0 bridgehead atoms. The number of nitrogens with zero attached hydrogens (tertiary/aromatic N) is 1. The summed E-state index contributed by atoms with van der Waals surface area (Å²) in [6, 6.07) is 8.12. The van der Waals surface area contributed by atoms with Crippen molar-refractivity contribution in [3.8, 4) is 0 Å². The van der Waals surface area contributed by atoms with Crippen LogP contribution in [0.25, 0.3) is 0 Å². The van der Waals surface area contributed by atoms with Crippen molar-refractivity contribution in [2.45, 2.75) is 25.1 Å². The van der Waals surface area contributed by atoms with Crippen molar-refractivity contribution < 1.29 is 19.4 Å². The van der Waals surface area contributed by atoms with E-state index < -0.39 is 18.1 Å². The van der Waals surface area contributed by atoms with Crippen LogP contribution in [0.2, 0.25) is 0 Å². The summed E-state index contributed by atoms with van der Waals surface area (Å²) in [4.78, 5) is 23.9. The Balaban J connectivity index is 1.94. The van der Waals surface area contributed by atoms with Gasteiger partial charge in [-0.25, -0.2) is 9.59 Å². The fraction of sp³-hybridized carbons (Fsp3) is 0.385. The third-order valence-corrected chi connectivity index (χ3v) is 3.08. The number of hydrogen-bond donors (Lipinski definition) is 2. The molecule has 0 unspecified atom stereocenters. The largest absolute Gasteiger partial charge is 0.465 e. The number of likely N-dealkylation sites (tertiary alicyclic amines) is 1. The molecule has 0 spiro atoms. The van der Waals surface area contributed by atoms with Crippen LogP contribution in [0.1, 0.15) is 12.0 Å². The molecule has 6 nitrogen and oxygen atoms in total. The number of rotatable bonds is 3. The second-order valence-electron chi connectivity index (χ2n) is 4.54. The predicted octanol–water partition coefficient (Wildman–Crippen LogP) is 0.809. The average molecular weight is 264 g/mol. The van der Waals surface area contributed by atoms with Gasteiger partial charge in [-0.05, 0) is 12.0 Å². The molecule has 1 amide bonds. The monoisotopic (exact) mass is 264 g/mol. The van der Waals surface area contributed by atoms with Crippen molar-refractivity contribution in [1.29, 1.82) is 0 Å². The molecule has 0 aromatic heterocycles. The molecule has 1 fully saturated rings. The van der Waals surface area contributed by atoms with E-state index in [0.717, 1.165) is 10.5 Å². The number of carboxylic acid groups (broad SMARTS) is 1. The number of esters is 1. The molecule has 0 radical (unpaired) electrons. The van der Waals surface area contributed by atoms with E-state index in [1.807, 2.05) is 30.3 Å². The summed E-state index contributed by atoms with van der Waals surface area (Å²) in [5.41, 5.74) is 6.55. The summed E-state index contributed by atoms with van der Waals surface area (Å²) < 4.78 is 5.14. The summed E-state index contributed by atoms with van der Waals surface area (Å²) in [5.74, 6) is -0.542. The molecule has 1 heterocycles. The number of carbonyl (C=O) groups is 2. The van der Waals surface area contributed by atoms with Gasteiger partial charge >= 0.3 is 12.1 Å². The minimum atomic E-state index is -1.14. The highest BCUT2D eigenvalue weighted by atomic mass is 16.5. The first-order chi connectivity index (χ1) is 9.08. The number of nitrogens with two attached hydrogens (primary N) is 1. The van der Waals surface area contributed by atoms with Crippen molar-refractivity contribution >= 4 is 12.1 Å². The normalized spacial score (nSPS) is 22.3. The second-order valence-corrected chi connectivity index (χ2v) is 4.54. The Morgan fingerprint density at radius 3 is 2.68 bits per heavy atom. The highest BCUT2D eigenvalue weighted by Gasteiger charge is 2.39. The van der Waals surface area contributed by atoms with E-state index in [1.165, 1.54) is 0 Å². The minimum absolute atomic E-state index is 0.138. The Morgan fingerprint density at radius 2 is 2.05 bits per heavy atom. The van der Waals surface area contributed by atoms with Crippen LogP contribution in [0.5, 0.6) is 0 Å². The Kier molecular flexibility index (Phi) is 4.01. The third-order valence-electron chi connectivity index (χ3n) is 3.08. The zero-order chi connectivity index (χ0) is 13.8. The molecule has 1 aromatic carbocycles. The van der Waals surface area contributed by atoms with Crippen molar-refractivity contribution in [2.24, 2.45) is 5.73 Å². The van der Waals surface area contributed by atoms with E-state index in [2.05, 4.69) is 0 Å². The zero-order valence-electron chi connectivity index (χ0n) is 10.4. The maximum absolute atomic E-state index is 11.9. The molecule has 2 rings (SSSR count). The Bertz CT molecular complexity index is 463. The second kappa shape index (κ2) is 5.71. The zero-order valence-corrected chi connectivity index (χ0v) is 10.4. The lowest BCUT2D eigenvalue weighted by atomic mass is 10.2. The lowest BCUT2D eigenvalue weighted by Gasteiger charge is -2.19. The molecule has 1 aromatic rings. The van der Waals surface area contributed by atoms with Crippen LogP contribution in [-0.2, 0) is 16.1 Å². The lowest BCUT2D eigenvalue weighted by molar-refractivity contribution is -0.149. The van der Waals surface area contributed by atoms with Gasteiger partial charge in [-0.15, -0.1) is 0 Å². The molecule has 3 N–H and O–H groups in total. The summed E-state index contributed by atoms with van der Waals surface area (Å²) in [5, 5.41) is 9.00. The first-order valence-corrected chi connectivity index (χ1v) is 6.03. The maximum atomic E-state index is 11.9. The summed E-state index contributed by atoms with van der Waals surface area (Å²) in [6.45, 7) is 0.305. The van der Waals surface area contributed by atoms with E-state index in [9.17, 15) is 9.59 Å². The van der Waals surface area contributed by atoms with E-state index in [4.69, 9.17) is 15.6 Å². The molecule has 102 valence electrons. The average Bonchev–Trinajstić information content (AvgIpc) is 2.79. The number of ether oxygens (including phenoxy) is 1. The van der Waals surface area contributed by atoms with Gasteiger partial charge < -0.3 is 15.6 Å². The van der Waals surface area contributed by atoms with Crippen molar-refractivity contribution in [3.63, 3.8) is 0 Å². The highest BCUT2D eigenvalue weighted by molar-refractivity contribution is 5.81. The van der Waals surface area contributed by atoms with Crippen LogP contribution in [0.15, 0.2) is 30.3 Å². The molecular weight excluding hydrogens is 248 g/mol. The van der Waals surface area contributed by atoms with Crippen LogP contribution in [0.3, 0.4) is 0 Å². The van der Waals surface area contributed by atoms with E-state index in [0.29, 0.717) is 6.42 Å². The molecule has 6 heteroatoms. The maximum Gasteiger partial charge on any atom is 0.408 e. The van der Waals surface area contributed by atoms with Crippen molar-refractivity contribution in [1.82, 2.24) is 4.90 Å². The number of benzene rings is 1. The summed E-state index contributed by atoms with van der Waals surface area (Å²) >= 11 is 0. The molecule has 1 saturated heterocycles. The van der Waals surface area contributed by atoms with Gasteiger partial charge in [0.25, 0.3) is 0 Å². The van der Waals surface area contributed by atoms with Crippen molar-refractivity contribution in [2.75, 3.05) is 6.54 Å². The smallest absolute Gasteiger partial charge is 0.408 e. The van der Waals surface area contributed by atoms with E-state index in [1.54, 1.807) is 0 Å². The molecule has 2 atom stereocenters. The van der Waals surface area contributed by atoms with Crippen LogP contribution in [0, 0.1) is 0 Å². The summed E-state index contributed by atoms with van der Waals surface area (Å²) in [6.07, 6.45) is -0.838. The SMILES string of the molecule is N[C@@H]1C[C@@H](C(=O)OCc2ccccc2)N(C(=O)O)C1. The van der Waals surface area contributed by atoms with Crippen LogP contribution in [-0.4, -0.2) is 40.7 Å². The number of carbonyl (C=O) groups excluding carboxylic acids is 1. The molecule has 0 saturated carbocycles. The van der Waals surface area contributed by atoms with Gasteiger partial charge in [-0.2, -0.15) is 0 Å². The molecule has 19 heavy (non-hydrogen) atoms. The fourth-order valence-corrected chi connectivity index (χ4v) is 2.13. The highest BCUT2D eigenvalue weighted by Crippen LogP contribution is 2.18. The standard InChI is InChI=1S/C13H16N2O4/c14-10-6-11(15(7-10)13(17)18)12(16)19-8-9-4-2-1-3-5-9/h1-5,10-11H,6-8,14H2,(H,17,18)/t10-,11+/m1/s1. The van der Waals surface area contributed by atoms with Gasteiger partial charge in [0.05, 0.1) is 0 Å². The van der Waals surface area contributed by atoms with Crippen LogP contribution >= 0.6 is 0 Å². The van der Waals surface area contributed by atoms with Gasteiger partial charge in [0.2, 0.25) is 0 Å². The van der Waals surface area contributed by atoms with Gasteiger partial charge in [-0.1, -0.05) is 30.3 Å². The fourth-order valence-electron chi connectivity index (χ4n) is 2.13. The van der Waals surface area contributed by atoms with Crippen LogP contribution in [0.4, 0.5) is 4.79 Å². The van der Waals surface area contributed by atoms with Gasteiger partial charge in [0.15, 0.2) is 0 Å². The topological polar surface area (TPSA) is 92.9 Å².